The number of amides is 1. The predicted octanol–water partition coefficient (Wildman–Crippen LogP) is 3.38. The molecule has 26 heavy (non-hydrogen) atoms. The van der Waals surface area contributed by atoms with Crippen molar-refractivity contribution in [2.45, 2.75) is 38.3 Å². The molecule has 1 fully saturated rings. The first-order valence-electron chi connectivity index (χ1n) is 9.18. The molecule has 1 aliphatic rings. The highest BCUT2D eigenvalue weighted by atomic mass is 16.3. The van der Waals surface area contributed by atoms with Crippen LogP contribution < -0.4 is 0 Å². The lowest BCUT2D eigenvalue weighted by atomic mass is 10.1. The van der Waals surface area contributed by atoms with Crippen LogP contribution in [0.1, 0.15) is 47.8 Å². The van der Waals surface area contributed by atoms with E-state index in [1.807, 2.05) is 39.8 Å². The number of aromatic nitrogens is 2. The molecule has 6 heteroatoms. The molecule has 3 heterocycles. The molecule has 1 saturated heterocycles. The highest BCUT2D eigenvalue weighted by Crippen LogP contribution is 2.32. The molecule has 3 aromatic rings. The van der Waals surface area contributed by atoms with Crippen LogP contribution >= 0.6 is 0 Å². The number of fused-ring (bicyclic) bond motifs is 1. The molecule has 0 aliphatic carbocycles. The number of likely N-dealkylation sites (tertiary alicyclic amines) is 1. The Morgan fingerprint density at radius 2 is 2.19 bits per heavy atom. The third-order valence-corrected chi connectivity index (χ3v) is 5.09. The van der Waals surface area contributed by atoms with E-state index in [0.29, 0.717) is 12.1 Å². The van der Waals surface area contributed by atoms with Crippen LogP contribution in [0.15, 0.2) is 47.3 Å². The van der Waals surface area contributed by atoms with Gasteiger partial charge in [0.05, 0.1) is 36.3 Å². The third kappa shape index (κ3) is 3.12. The van der Waals surface area contributed by atoms with Gasteiger partial charge in [-0.25, -0.2) is 4.98 Å². The standard InChI is InChI=1S/C20H23N3O3/c24-11-10-22-14-21-16-13-15(7-8-17(16)22)20(25)23-9-3-1-2-5-18(23)19-6-4-12-26-19/h4,6-8,12-14,18,24H,1-3,5,9-11H2/t18-/m0/s1. The number of nitrogens with zero attached hydrogens (tertiary/aromatic N) is 3. The summed E-state index contributed by atoms with van der Waals surface area (Å²) >= 11 is 0. The van der Waals surface area contributed by atoms with Crippen LogP contribution in [-0.2, 0) is 6.54 Å². The van der Waals surface area contributed by atoms with E-state index in [-0.39, 0.29) is 18.6 Å². The zero-order chi connectivity index (χ0) is 17.9. The lowest BCUT2D eigenvalue weighted by Gasteiger charge is -2.28. The maximum atomic E-state index is 13.2. The summed E-state index contributed by atoms with van der Waals surface area (Å²) in [5.41, 5.74) is 2.34. The van der Waals surface area contributed by atoms with Gasteiger partial charge >= 0.3 is 0 Å². The van der Waals surface area contributed by atoms with Crippen LogP contribution in [0.3, 0.4) is 0 Å². The van der Waals surface area contributed by atoms with E-state index in [1.54, 1.807) is 12.6 Å². The van der Waals surface area contributed by atoms with Crippen molar-refractivity contribution >= 4 is 16.9 Å². The van der Waals surface area contributed by atoms with E-state index in [4.69, 9.17) is 9.52 Å². The van der Waals surface area contributed by atoms with Gasteiger partial charge in [-0.3, -0.25) is 4.79 Å². The van der Waals surface area contributed by atoms with E-state index < -0.39 is 0 Å². The molecule has 0 unspecified atom stereocenters. The van der Waals surface area contributed by atoms with Crippen molar-refractivity contribution in [1.29, 1.82) is 0 Å². The number of hydrogen-bond donors (Lipinski definition) is 1. The van der Waals surface area contributed by atoms with Crippen LogP contribution in [0.2, 0.25) is 0 Å². The van der Waals surface area contributed by atoms with Gasteiger partial charge < -0.3 is 19.0 Å². The fourth-order valence-electron chi connectivity index (χ4n) is 3.78. The van der Waals surface area contributed by atoms with Crippen molar-refractivity contribution in [2.24, 2.45) is 0 Å². The number of aliphatic hydroxyl groups excluding tert-OH is 1. The number of furan rings is 1. The zero-order valence-corrected chi connectivity index (χ0v) is 14.7. The fraction of sp³-hybridized carbons (Fsp3) is 0.400. The molecule has 1 atom stereocenters. The summed E-state index contributed by atoms with van der Waals surface area (Å²) in [5, 5.41) is 9.14. The Morgan fingerprint density at radius 3 is 3.00 bits per heavy atom. The minimum atomic E-state index is -0.0114. The molecule has 0 bridgehead atoms. The Labute approximate surface area is 152 Å². The summed E-state index contributed by atoms with van der Waals surface area (Å²) in [6.07, 6.45) is 7.53. The monoisotopic (exact) mass is 353 g/mol. The van der Waals surface area contributed by atoms with Crippen LogP contribution in [-0.4, -0.2) is 38.6 Å². The molecule has 1 aliphatic heterocycles. The van der Waals surface area contributed by atoms with Gasteiger partial charge in [-0.1, -0.05) is 12.8 Å². The van der Waals surface area contributed by atoms with Gasteiger partial charge in [0.15, 0.2) is 0 Å². The number of carbonyl (C=O) groups excluding carboxylic acids is 1. The molecule has 1 amide bonds. The van der Waals surface area contributed by atoms with Crippen molar-refractivity contribution in [2.75, 3.05) is 13.2 Å². The van der Waals surface area contributed by atoms with Gasteiger partial charge in [-0.2, -0.15) is 0 Å². The number of carbonyl (C=O) groups is 1. The third-order valence-electron chi connectivity index (χ3n) is 5.09. The largest absolute Gasteiger partial charge is 0.467 e. The van der Waals surface area contributed by atoms with Crippen LogP contribution in [0.25, 0.3) is 11.0 Å². The molecule has 2 aromatic heterocycles. The number of hydrogen-bond acceptors (Lipinski definition) is 4. The first kappa shape index (κ1) is 16.8. The van der Waals surface area contributed by atoms with Gasteiger partial charge in [0.1, 0.15) is 5.76 Å². The first-order chi connectivity index (χ1) is 12.8. The summed E-state index contributed by atoms with van der Waals surface area (Å²) < 4.78 is 7.50. The Balaban J connectivity index is 1.65. The SMILES string of the molecule is O=C(c1ccc2c(c1)ncn2CCO)N1CCCCC[C@H]1c1ccco1. The van der Waals surface area contributed by atoms with E-state index >= 15 is 0 Å². The van der Waals surface area contributed by atoms with Crippen molar-refractivity contribution in [3.05, 3.63) is 54.2 Å². The Bertz CT molecular complexity index is 885. The molecule has 136 valence electrons. The minimum Gasteiger partial charge on any atom is -0.467 e. The van der Waals surface area contributed by atoms with E-state index in [9.17, 15) is 4.79 Å². The highest BCUT2D eigenvalue weighted by molar-refractivity contribution is 5.97. The molecule has 4 rings (SSSR count). The molecule has 6 nitrogen and oxygen atoms in total. The van der Waals surface area contributed by atoms with Crippen molar-refractivity contribution in [1.82, 2.24) is 14.5 Å². The van der Waals surface area contributed by atoms with Gasteiger partial charge in [0.2, 0.25) is 0 Å². The van der Waals surface area contributed by atoms with Crippen LogP contribution in [0.5, 0.6) is 0 Å². The van der Waals surface area contributed by atoms with Gasteiger partial charge in [0.25, 0.3) is 5.91 Å². The molecule has 0 saturated carbocycles. The van der Waals surface area contributed by atoms with Crippen LogP contribution in [0.4, 0.5) is 0 Å². The first-order valence-corrected chi connectivity index (χ1v) is 9.18. The molecular weight excluding hydrogens is 330 g/mol. The summed E-state index contributed by atoms with van der Waals surface area (Å²) in [5.74, 6) is 0.875. The van der Waals surface area contributed by atoms with Crippen molar-refractivity contribution in [3.63, 3.8) is 0 Å². The number of benzene rings is 1. The second kappa shape index (κ2) is 7.33. The van der Waals surface area contributed by atoms with Crippen molar-refractivity contribution < 1.29 is 14.3 Å². The normalized spacial score (nSPS) is 18.2. The number of imidazole rings is 1. The van der Waals surface area contributed by atoms with Crippen LogP contribution in [0, 0.1) is 0 Å². The molecule has 1 N–H and O–H groups in total. The number of rotatable bonds is 4. The zero-order valence-electron chi connectivity index (χ0n) is 14.7. The fourth-order valence-corrected chi connectivity index (χ4v) is 3.78. The Hall–Kier alpha value is -2.60. The quantitative estimate of drug-likeness (QED) is 0.780. The molecular formula is C20H23N3O3. The van der Waals surface area contributed by atoms with E-state index in [2.05, 4.69) is 4.98 Å². The maximum Gasteiger partial charge on any atom is 0.254 e. The summed E-state index contributed by atoms with van der Waals surface area (Å²) in [6.45, 7) is 1.29. The maximum absolute atomic E-state index is 13.2. The van der Waals surface area contributed by atoms with Gasteiger partial charge in [0, 0.05) is 18.7 Å². The summed E-state index contributed by atoms with van der Waals surface area (Å²) in [6, 6.07) is 9.42. The topological polar surface area (TPSA) is 71.5 Å². The van der Waals surface area contributed by atoms with Crippen molar-refractivity contribution in [3.8, 4) is 0 Å². The average Bonchev–Trinajstić information content (AvgIpc) is 3.26. The smallest absolute Gasteiger partial charge is 0.254 e. The van der Waals surface area contributed by atoms with E-state index in [0.717, 1.165) is 49.0 Å². The summed E-state index contributed by atoms with van der Waals surface area (Å²) in [4.78, 5) is 19.6. The average molecular weight is 353 g/mol. The number of aliphatic hydroxyl groups is 1. The molecule has 0 spiro atoms. The minimum absolute atomic E-state index is 0.0114. The molecule has 1 aromatic carbocycles. The second-order valence-electron chi connectivity index (χ2n) is 6.74. The van der Waals surface area contributed by atoms with E-state index in [1.165, 1.54) is 0 Å². The van der Waals surface area contributed by atoms with Gasteiger partial charge in [-0.05, 0) is 43.2 Å². The summed E-state index contributed by atoms with van der Waals surface area (Å²) in [7, 11) is 0. The Morgan fingerprint density at radius 1 is 1.27 bits per heavy atom. The highest BCUT2D eigenvalue weighted by Gasteiger charge is 2.29. The predicted molar refractivity (Wildman–Crippen MR) is 97.8 cm³/mol. The second-order valence-corrected chi connectivity index (χ2v) is 6.74. The Kier molecular flexibility index (Phi) is 4.75. The lowest BCUT2D eigenvalue weighted by Crippen LogP contribution is -2.34. The lowest BCUT2D eigenvalue weighted by molar-refractivity contribution is 0.0658. The molecule has 0 radical (unpaired) electrons. The van der Waals surface area contributed by atoms with Gasteiger partial charge in [-0.15, -0.1) is 0 Å².